The molecule has 0 radical (unpaired) electrons. The molecule has 0 aliphatic rings. The normalized spacial score (nSPS) is 12.1. The summed E-state index contributed by atoms with van der Waals surface area (Å²) in [6.45, 7) is 9.44. The number of benzene rings is 2. The van der Waals surface area contributed by atoms with Gasteiger partial charge in [-0.15, -0.1) is 0 Å². The van der Waals surface area contributed by atoms with E-state index in [1.807, 2.05) is 45.9 Å². The molecular weight excluding hydrogens is 492 g/mol. The van der Waals surface area contributed by atoms with Crippen LogP contribution in [0.3, 0.4) is 0 Å². The molecule has 0 saturated carbocycles. The summed E-state index contributed by atoms with van der Waals surface area (Å²) >= 11 is 6.56. The molecule has 0 unspecified atom stereocenters. The number of amides is 3. The Morgan fingerprint density at radius 1 is 1.05 bits per heavy atom. The van der Waals surface area contributed by atoms with Crippen LogP contribution in [0.5, 0.6) is 0 Å². The Hall–Kier alpha value is -3.65. The van der Waals surface area contributed by atoms with Crippen molar-refractivity contribution in [3.05, 3.63) is 76.5 Å². The van der Waals surface area contributed by atoms with Crippen LogP contribution in [0.1, 0.15) is 63.0 Å². The summed E-state index contributed by atoms with van der Waals surface area (Å²) in [4.78, 5) is 41.5. The second-order valence-corrected chi connectivity index (χ2v) is 10.0. The van der Waals surface area contributed by atoms with Gasteiger partial charge < -0.3 is 15.2 Å². The minimum Gasteiger partial charge on any atom is -0.360 e. The Morgan fingerprint density at radius 2 is 1.78 bits per heavy atom. The molecule has 3 amide bonds. The van der Waals surface area contributed by atoms with Gasteiger partial charge in [-0.1, -0.05) is 54.0 Å². The fourth-order valence-electron chi connectivity index (χ4n) is 3.77. The van der Waals surface area contributed by atoms with Crippen molar-refractivity contribution < 1.29 is 18.9 Å². The van der Waals surface area contributed by atoms with Gasteiger partial charge in [0.1, 0.15) is 11.8 Å². The molecule has 1 heterocycles. The monoisotopic (exact) mass is 524 g/mol. The van der Waals surface area contributed by atoms with Crippen LogP contribution >= 0.6 is 11.6 Å². The molecule has 0 bridgehead atoms. The molecule has 0 aliphatic carbocycles. The molecule has 1 aromatic heterocycles. The molecule has 2 N–H and O–H groups in total. The van der Waals surface area contributed by atoms with E-state index in [-0.39, 0.29) is 24.6 Å². The SMILES string of the molecule is CCC(C)(C)NC(=O)[C@H](c1ccccc1Cl)N(C(=O)CCC(=O)Nc1cc(C)on1)c1cccc(C)c1. The number of rotatable bonds is 10. The van der Waals surface area contributed by atoms with E-state index in [2.05, 4.69) is 15.8 Å². The topological polar surface area (TPSA) is 105 Å². The van der Waals surface area contributed by atoms with E-state index in [1.165, 1.54) is 4.90 Å². The Labute approximate surface area is 222 Å². The number of carbonyl (C=O) groups excluding carboxylic acids is 3. The lowest BCUT2D eigenvalue weighted by Gasteiger charge is -2.35. The lowest BCUT2D eigenvalue weighted by Crippen LogP contribution is -2.50. The van der Waals surface area contributed by atoms with Crippen molar-refractivity contribution in [1.82, 2.24) is 10.5 Å². The van der Waals surface area contributed by atoms with Crippen molar-refractivity contribution in [3.63, 3.8) is 0 Å². The molecule has 9 heteroatoms. The highest BCUT2D eigenvalue weighted by molar-refractivity contribution is 6.31. The lowest BCUT2D eigenvalue weighted by atomic mass is 9.97. The van der Waals surface area contributed by atoms with Crippen LogP contribution in [-0.2, 0) is 14.4 Å². The number of aryl methyl sites for hydroxylation is 2. The lowest BCUT2D eigenvalue weighted by molar-refractivity contribution is -0.128. The molecule has 0 saturated heterocycles. The molecular formula is C28H33ClN4O4. The van der Waals surface area contributed by atoms with E-state index in [4.69, 9.17) is 16.1 Å². The minimum absolute atomic E-state index is 0.107. The number of carbonyl (C=O) groups is 3. The third-order valence-corrected chi connectivity index (χ3v) is 6.41. The van der Waals surface area contributed by atoms with Crippen LogP contribution in [0, 0.1) is 13.8 Å². The zero-order chi connectivity index (χ0) is 27.2. The molecule has 0 aliphatic heterocycles. The predicted octanol–water partition coefficient (Wildman–Crippen LogP) is 5.74. The first-order valence-corrected chi connectivity index (χ1v) is 12.6. The van der Waals surface area contributed by atoms with Gasteiger partial charge in [-0.25, -0.2) is 0 Å². The first-order chi connectivity index (χ1) is 17.5. The van der Waals surface area contributed by atoms with Crippen molar-refractivity contribution >= 4 is 40.8 Å². The number of halogens is 1. The van der Waals surface area contributed by atoms with E-state index >= 15 is 0 Å². The largest absolute Gasteiger partial charge is 0.360 e. The van der Waals surface area contributed by atoms with Gasteiger partial charge in [-0.2, -0.15) is 0 Å². The summed E-state index contributed by atoms with van der Waals surface area (Å²) in [5, 5.41) is 9.80. The molecule has 0 spiro atoms. The number of nitrogens with zero attached hydrogens (tertiary/aromatic N) is 2. The standard InChI is InChI=1S/C28H33ClN4O4/c1-6-28(4,5)31-27(36)26(21-12-7-8-13-22(21)29)33(20-11-9-10-18(2)16-20)25(35)15-14-24(34)30-23-17-19(3)37-32-23/h7-13,16-17,26H,6,14-15H2,1-5H3,(H,31,36)(H,30,32,34)/t26-/m0/s1. The molecule has 2 aromatic carbocycles. The average molecular weight is 525 g/mol. The maximum atomic E-state index is 13.8. The van der Waals surface area contributed by atoms with Gasteiger partial charge in [-0.05, 0) is 57.9 Å². The van der Waals surface area contributed by atoms with E-state index in [0.29, 0.717) is 28.5 Å². The van der Waals surface area contributed by atoms with Crippen molar-refractivity contribution in [2.45, 2.75) is 65.5 Å². The number of hydrogen-bond acceptors (Lipinski definition) is 5. The van der Waals surface area contributed by atoms with Crippen LogP contribution in [0.25, 0.3) is 0 Å². The van der Waals surface area contributed by atoms with Gasteiger partial charge in [0.05, 0.1) is 0 Å². The summed E-state index contributed by atoms with van der Waals surface area (Å²) in [5.41, 5.74) is 1.44. The van der Waals surface area contributed by atoms with Gasteiger partial charge >= 0.3 is 0 Å². The first kappa shape index (κ1) is 27.9. The molecule has 196 valence electrons. The summed E-state index contributed by atoms with van der Waals surface area (Å²) < 4.78 is 4.97. The first-order valence-electron chi connectivity index (χ1n) is 12.2. The maximum absolute atomic E-state index is 13.8. The molecule has 37 heavy (non-hydrogen) atoms. The quantitative estimate of drug-likeness (QED) is 0.352. The predicted molar refractivity (Wildman–Crippen MR) is 144 cm³/mol. The highest BCUT2D eigenvalue weighted by Gasteiger charge is 2.36. The maximum Gasteiger partial charge on any atom is 0.248 e. The van der Waals surface area contributed by atoms with Crippen LogP contribution in [0.4, 0.5) is 11.5 Å². The van der Waals surface area contributed by atoms with Gasteiger partial charge in [0.15, 0.2) is 5.82 Å². The van der Waals surface area contributed by atoms with Crippen LogP contribution in [-0.4, -0.2) is 28.4 Å². The van der Waals surface area contributed by atoms with Crippen molar-refractivity contribution in [2.75, 3.05) is 10.2 Å². The summed E-state index contributed by atoms with van der Waals surface area (Å²) in [6.07, 6.45) is 0.445. The molecule has 3 rings (SSSR count). The van der Waals surface area contributed by atoms with E-state index in [1.54, 1.807) is 43.3 Å². The number of anilines is 2. The smallest absolute Gasteiger partial charge is 0.248 e. The van der Waals surface area contributed by atoms with E-state index in [0.717, 1.165) is 5.56 Å². The van der Waals surface area contributed by atoms with Crippen molar-refractivity contribution in [2.24, 2.45) is 0 Å². The van der Waals surface area contributed by atoms with E-state index < -0.39 is 23.4 Å². The van der Waals surface area contributed by atoms with Crippen molar-refractivity contribution in [1.29, 1.82) is 0 Å². The third kappa shape index (κ3) is 7.43. The zero-order valence-corrected chi connectivity index (χ0v) is 22.6. The number of hydrogen-bond donors (Lipinski definition) is 2. The van der Waals surface area contributed by atoms with Gasteiger partial charge in [0, 0.05) is 40.7 Å². The number of nitrogens with one attached hydrogen (secondary N) is 2. The molecule has 8 nitrogen and oxygen atoms in total. The summed E-state index contributed by atoms with van der Waals surface area (Å²) in [6, 6.07) is 14.8. The van der Waals surface area contributed by atoms with Crippen LogP contribution in [0.15, 0.2) is 59.1 Å². The van der Waals surface area contributed by atoms with Gasteiger partial charge in [0.2, 0.25) is 17.7 Å². The van der Waals surface area contributed by atoms with E-state index in [9.17, 15) is 14.4 Å². The molecule has 3 aromatic rings. The second kappa shape index (κ2) is 12.1. The summed E-state index contributed by atoms with van der Waals surface area (Å²) in [7, 11) is 0. The Balaban J connectivity index is 1.98. The van der Waals surface area contributed by atoms with Crippen LogP contribution < -0.4 is 15.5 Å². The number of aromatic nitrogens is 1. The Bertz CT molecular complexity index is 1270. The van der Waals surface area contributed by atoms with Crippen molar-refractivity contribution in [3.8, 4) is 0 Å². The molecule has 1 atom stereocenters. The Morgan fingerprint density at radius 3 is 2.41 bits per heavy atom. The summed E-state index contributed by atoms with van der Waals surface area (Å²) in [5.74, 6) is -0.318. The highest BCUT2D eigenvalue weighted by atomic mass is 35.5. The Kier molecular flexibility index (Phi) is 9.10. The zero-order valence-electron chi connectivity index (χ0n) is 21.8. The second-order valence-electron chi connectivity index (χ2n) is 9.62. The highest BCUT2D eigenvalue weighted by Crippen LogP contribution is 2.34. The van der Waals surface area contributed by atoms with Crippen LogP contribution in [0.2, 0.25) is 5.02 Å². The average Bonchev–Trinajstić information content (AvgIpc) is 3.25. The fraction of sp³-hybridized carbons (Fsp3) is 0.357. The van der Waals surface area contributed by atoms with Gasteiger partial charge in [0.25, 0.3) is 0 Å². The molecule has 0 fully saturated rings. The third-order valence-electron chi connectivity index (χ3n) is 6.06. The van der Waals surface area contributed by atoms with Gasteiger partial charge in [-0.3, -0.25) is 19.3 Å². The minimum atomic E-state index is -1.05. The fourth-order valence-corrected chi connectivity index (χ4v) is 4.01.